The number of benzene rings is 1. The summed E-state index contributed by atoms with van der Waals surface area (Å²) < 4.78 is 6.32. The van der Waals surface area contributed by atoms with Crippen LogP contribution in [0.5, 0.6) is 5.75 Å². The van der Waals surface area contributed by atoms with E-state index in [-0.39, 0.29) is 0 Å². The van der Waals surface area contributed by atoms with Gasteiger partial charge in [-0.25, -0.2) is 0 Å². The van der Waals surface area contributed by atoms with Crippen molar-refractivity contribution in [2.24, 2.45) is 5.41 Å². The largest absolute Gasteiger partial charge is 0.497 e. The Bertz CT molecular complexity index is 388. The van der Waals surface area contributed by atoms with Gasteiger partial charge in [0.05, 0.1) is 12.8 Å². The molecule has 1 saturated carbocycles. The molecule has 1 aliphatic rings. The monoisotopic (exact) mass is 283 g/mol. The van der Waals surface area contributed by atoms with Gasteiger partial charge in [0.25, 0.3) is 0 Å². The molecule has 1 N–H and O–H groups in total. The Balaban J connectivity index is 2.13. The molecule has 1 unspecified atom stereocenters. The minimum atomic E-state index is 0.475. The molecule has 0 aliphatic heterocycles. The van der Waals surface area contributed by atoms with Gasteiger partial charge >= 0.3 is 0 Å². The van der Waals surface area contributed by atoms with Crippen molar-refractivity contribution < 1.29 is 4.74 Å². The number of nitrogens with one attached hydrogen (secondary N) is 1. The van der Waals surface area contributed by atoms with E-state index < -0.39 is 0 Å². The molecule has 0 saturated heterocycles. The van der Waals surface area contributed by atoms with Gasteiger partial charge in [0.2, 0.25) is 0 Å². The van der Waals surface area contributed by atoms with E-state index in [9.17, 15) is 0 Å². The summed E-state index contributed by atoms with van der Waals surface area (Å²) in [6, 6.07) is 6.50. The summed E-state index contributed by atoms with van der Waals surface area (Å²) in [6.07, 6.45) is 2.64. The molecule has 0 aromatic heterocycles. The van der Waals surface area contributed by atoms with Gasteiger partial charge in [0.15, 0.2) is 0 Å². The highest BCUT2D eigenvalue weighted by Gasteiger charge is 2.42. The molecule has 3 heteroatoms. The molecule has 1 aromatic rings. The van der Waals surface area contributed by atoms with Crippen molar-refractivity contribution in [2.75, 3.05) is 12.4 Å². The van der Waals surface area contributed by atoms with E-state index >= 15 is 0 Å². The first-order valence-corrected chi connectivity index (χ1v) is 6.44. The molecule has 0 bridgehead atoms. The molecule has 0 radical (unpaired) electrons. The van der Waals surface area contributed by atoms with Gasteiger partial charge in [-0.1, -0.05) is 6.92 Å². The van der Waals surface area contributed by atoms with Crippen LogP contribution in [0.15, 0.2) is 22.7 Å². The predicted molar refractivity (Wildman–Crippen MR) is 71.1 cm³/mol. The van der Waals surface area contributed by atoms with E-state index in [4.69, 9.17) is 4.74 Å². The fraction of sp³-hybridized carbons (Fsp3) is 0.538. The van der Waals surface area contributed by atoms with Crippen molar-refractivity contribution in [3.63, 3.8) is 0 Å². The van der Waals surface area contributed by atoms with Gasteiger partial charge in [-0.2, -0.15) is 0 Å². The third kappa shape index (κ3) is 2.34. The quantitative estimate of drug-likeness (QED) is 0.900. The second-order valence-electron chi connectivity index (χ2n) is 4.87. The van der Waals surface area contributed by atoms with E-state index in [0.29, 0.717) is 11.5 Å². The van der Waals surface area contributed by atoms with Crippen molar-refractivity contribution in [2.45, 2.75) is 32.7 Å². The highest BCUT2D eigenvalue weighted by atomic mass is 79.9. The molecule has 1 aromatic carbocycles. The van der Waals surface area contributed by atoms with Gasteiger partial charge in [-0.3, -0.25) is 0 Å². The standard InChI is InChI=1S/C13H18BrNO/c1-9(13(2)6-7-13)15-12-8-10(16-3)4-5-11(12)14/h4-5,8-9,15H,6-7H2,1-3H3. The minimum Gasteiger partial charge on any atom is -0.497 e. The molecule has 0 spiro atoms. The number of ether oxygens (including phenoxy) is 1. The van der Waals surface area contributed by atoms with Crippen LogP contribution >= 0.6 is 15.9 Å². The van der Waals surface area contributed by atoms with Crippen LogP contribution in [0.25, 0.3) is 0 Å². The molecule has 1 aliphatic carbocycles. The molecular formula is C13H18BrNO. The van der Waals surface area contributed by atoms with Gasteiger partial charge in [0, 0.05) is 16.6 Å². The average molecular weight is 284 g/mol. The Morgan fingerprint density at radius 2 is 2.12 bits per heavy atom. The van der Waals surface area contributed by atoms with Gasteiger partial charge in [-0.15, -0.1) is 0 Å². The van der Waals surface area contributed by atoms with Crippen LogP contribution in [0, 0.1) is 5.41 Å². The zero-order valence-corrected chi connectivity index (χ0v) is 11.6. The second kappa shape index (κ2) is 4.28. The number of halogens is 1. The molecule has 16 heavy (non-hydrogen) atoms. The van der Waals surface area contributed by atoms with Crippen molar-refractivity contribution in [1.82, 2.24) is 0 Å². The van der Waals surface area contributed by atoms with Crippen molar-refractivity contribution in [3.8, 4) is 5.75 Å². The molecule has 1 fully saturated rings. The second-order valence-corrected chi connectivity index (χ2v) is 5.72. The van der Waals surface area contributed by atoms with Crippen LogP contribution < -0.4 is 10.1 Å². The van der Waals surface area contributed by atoms with E-state index in [1.165, 1.54) is 12.8 Å². The van der Waals surface area contributed by atoms with Gasteiger partial charge in [0.1, 0.15) is 5.75 Å². The summed E-state index contributed by atoms with van der Waals surface area (Å²) >= 11 is 3.56. The highest BCUT2D eigenvalue weighted by molar-refractivity contribution is 9.10. The SMILES string of the molecule is COc1ccc(Br)c(NC(C)C2(C)CC2)c1. The zero-order chi connectivity index (χ0) is 11.8. The summed E-state index contributed by atoms with van der Waals surface area (Å²) in [7, 11) is 1.69. The number of rotatable bonds is 4. The number of hydrogen-bond acceptors (Lipinski definition) is 2. The molecule has 0 heterocycles. The van der Waals surface area contributed by atoms with E-state index in [2.05, 4.69) is 35.1 Å². The molecule has 2 rings (SSSR count). The summed E-state index contributed by atoms with van der Waals surface area (Å²) in [5, 5.41) is 3.56. The Kier molecular flexibility index (Phi) is 3.15. The first-order valence-electron chi connectivity index (χ1n) is 5.65. The first-order chi connectivity index (χ1) is 7.55. The van der Waals surface area contributed by atoms with Crippen LogP contribution in [0.3, 0.4) is 0 Å². The maximum Gasteiger partial charge on any atom is 0.121 e. The minimum absolute atomic E-state index is 0.475. The number of anilines is 1. The lowest BCUT2D eigenvalue weighted by molar-refractivity contribution is 0.414. The zero-order valence-electron chi connectivity index (χ0n) is 10.0. The lowest BCUT2D eigenvalue weighted by Crippen LogP contribution is -2.25. The van der Waals surface area contributed by atoms with Crippen molar-refractivity contribution in [3.05, 3.63) is 22.7 Å². The number of hydrogen-bond donors (Lipinski definition) is 1. The Morgan fingerprint density at radius 3 is 2.69 bits per heavy atom. The lowest BCUT2D eigenvalue weighted by Gasteiger charge is -2.22. The third-order valence-corrected chi connectivity index (χ3v) is 4.32. The Labute approximate surface area is 106 Å². The summed E-state index contributed by atoms with van der Waals surface area (Å²) in [6.45, 7) is 4.58. The molecule has 0 amide bonds. The van der Waals surface area contributed by atoms with Gasteiger partial charge < -0.3 is 10.1 Å². The summed E-state index contributed by atoms with van der Waals surface area (Å²) in [4.78, 5) is 0. The number of methoxy groups -OCH3 is 1. The first kappa shape index (κ1) is 11.8. The van der Waals surface area contributed by atoms with Crippen LogP contribution in [-0.2, 0) is 0 Å². The lowest BCUT2D eigenvalue weighted by atomic mass is 10.0. The van der Waals surface area contributed by atoms with E-state index in [1.54, 1.807) is 7.11 Å². The van der Waals surface area contributed by atoms with Crippen LogP contribution in [0.4, 0.5) is 5.69 Å². The third-order valence-electron chi connectivity index (χ3n) is 3.63. The highest BCUT2D eigenvalue weighted by Crippen LogP contribution is 2.49. The summed E-state index contributed by atoms with van der Waals surface area (Å²) in [5.74, 6) is 0.888. The molecule has 2 nitrogen and oxygen atoms in total. The average Bonchev–Trinajstić information content (AvgIpc) is 3.01. The van der Waals surface area contributed by atoms with Crippen LogP contribution in [0.1, 0.15) is 26.7 Å². The fourth-order valence-corrected chi connectivity index (χ4v) is 2.14. The normalized spacial score (nSPS) is 19.0. The fourth-order valence-electron chi connectivity index (χ4n) is 1.78. The maximum atomic E-state index is 5.23. The van der Waals surface area contributed by atoms with Crippen LogP contribution in [-0.4, -0.2) is 13.2 Å². The predicted octanol–water partition coefficient (Wildman–Crippen LogP) is 4.06. The van der Waals surface area contributed by atoms with Crippen molar-refractivity contribution >= 4 is 21.6 Å². The molecule has 88 valence electrons. The van der Waals surface area contributed by atoms with E-state index in [0.717, 1.165) is 15.9 Å². The molecular weight excluding hydrogens is 266 g/mol. The maximum absolute atomic E-state index is 5.23. The van der Waals surface area contributed by atoms with Crippen LogP contribution in [0.2, 0.25) is 0 Å². The molecule has 1 atom stereocenters. The smallest absolute Gasteiger partial charge is 0.121 e. The van der Waals surface area contributed by atoms with Gasteiger partial charge in [-0.05, 0) is 53.2 Å². The topological polar surface area (TPSA) is 21.3 Å². The van der Waals surface area contributed by atoms with Crippen molar-refractivity contribution in [1.29, 1.82) is 0 Å². The Morgan fingerprint density at radius 1 is 1.44 bits per heavy atom. The summed E-state index contributed by atoms with van der Waals surface area (Å²) in [5.41, 5.74) is 1.59. The van der Waals surface area contributed by atoms with E-state index in [1.807, 2.05) is 18.2 Å². The Hall–Kier alpha value is -0.700.